The van der Waals surface area contributed by atoms with Crippen LogP contribution < -0.4 is 11.1 Å². The third-order valence-electron chi connectivity index (χ3n) is 3.04. The number of nitrogen functional groups attached to an aromatic ring is 1. The minimum absolute atomic E-state index is 0.308. The van der Waals surface area contributed by atoms with E-state index in [1.807, 2.05) is 11.3 Å². The molecule has 0 saturated carbocycles. The van der Waals surface area contributed by atoms with Crippen molar-refractivity contribution >= 4 is 34.6 Å². The summed E-state index contributed by atoms with van der Waals surface area (Å²) in [5, 5.41) is 3.60. The maximum atomic E-state index is 6.03. The lowest BCUT2D eigenvalue weighted by atomic mass is 10.2. The van der Waals surface area contributed by atoms with Gasteiger partial charge in [-0.2, -0.15) is 0 Å². The molecule has 2 aromatic heterocycles. The summed E-state index contributed by atoms with van der Waals surface area (Å²) in [7, 11) is 0. The molecule has 1 aliphatic rings. The molecule has 3 N–H and O–H groups in total. The highest BCUT2D eigenvalue weighted by Gasteiger charge is 2.15. The van der Waals surface area contributed by atoms with Crippen LogP contribution in [0, 0.1) is 0 Å². The molecule has 4 nitrogen and oxygen atoms in total. The Balaban J connectivity index is 1.72. The number of anilines is 2. The largest absolute Gasteiger partial charge is 0.382 e. The average molecular weight is 281 g/mol. The summed E-state index contributed by atoms with van der Waals surface area (Å²) in [6.07, 6.45) is 5.15. The molecule has 2 aromatic rings. The number of aryl methyl sites for hydroxylation is 2. The van der Waals surface area contributed by atoms with E-state index in [9.17, 15) is 0 Å². The van der Waals surface area contributed by atoms with Crippen LogP contribution in [0.3, 0.4) is 0 Å². The van der Waals surface area contributed by atoms with E-state index in [4.69, 9.17) is 17.3 Å². The van der Waals surface area contributed by atoms with Crippen molar-refractivity contribution in [2.24, 2.45) is 0 Å². The Morgan fingerprint density at radius 1 is 1.39 bits per heavy atom. The summed E-state index contributed by atoms with van der Waals surface area (Å²) in [6, 6.07) is 2.28. The first-order valence-electron chi connectivity index (χ1n) is 5.84. The molecule has 2 heterocycles. The molecule has 6 heteroatoms. The van der Waals surface area contributed by atoms with Crippen molar-refractivity contribution in [2.75, 3.05) is 11.1 Å². The number of aromatic nitrogens is 2. The van der Waals surface area contributed by atoms with Crippen molar-refractivity contribution in [1.82, 2.24) is 9.97 Å². The number of rotatable bonds is 3. The highest BCUT2D eigenvalue weighted by molar-refractivity contribution is 7.12. The van der Waals surface area contributed by atoms with Crippen LogP contribution in [0.15, 0.2) is 12.4 Å². The molecule has 0 fully saturated rings. The predicted octanol–water partition coefficient (Wildman–Crippen LogP) is 2.87. The Bertz CT molecular complexity index is 560. The monoisotopic (exact) mass is 280 g/mol. The van der Waals surface area contributed by atoms with E-state index >= 15 is 0 Å². The van der Waals surface area contributed by atoms with E-state index < -0.39 is 0 Å². The normalized spacial score (nSPS) is 13.6. The molecule has 0 aromatic carbocycles. The van der Waals surface area contributed by atoms with Crippen LogP contribution in [0.25, 0.3) is 0 Å². The van der Waals surface area contributed by atoms with Gasteiger partial charge in [-0.05, 0) is 30.9 Å². The van der Waals surface area contributed by atoms with Gasteiger partial charge in [0.15, 0.2) is 5.82 Å². The van der Waals surface area contributed by atoms with Gasteiger partial charge in [0.05, 0.1) is 6.54 Å². The van der Waals surface area contributed by atoms with Gasteiger partial charge >= 0.3 is 0 Å². The summed E-state index contributed by atoms with van der Waals surface area (Å²) in [5.41, 5.74) is 7.13. The molecule has 0 spiro atoms. The zero-order valence-corrected chi connectivity index (χ0v) is 11.3. The van der Waals surface area contributed by atoms with E-state index in [1.165, 1.54) is 40.9 Å². The van der Waals surface area contributed by atoms with Gasteiger partial charge < -0.3 is 11.1 Å². The Morgan fingerprint density at radius 2 is 2.28 bits per heavy atom. The zero-order chi connectivity index (χ0) is 12.5. The SMILES string of the molecule is Nc1ncnc(NCc2cc3c(s2)CCC3)c1Cl. The van der Waals surface area contributed by atoms with Crippen LogP contribution in [0.1, 0.15) is 21.7 Å². The molecule has 0 saturated heterocycles. The van der Waals surface area contributed by atoms with E-state index in [2.05, 4.69) is 21.4 Å². The summed E-state index contributed by atoms with van der Waals surface area (Å²) in [4.78, 5) is 10.8. The topological polar surface area (TPSA) is 63.8 Å². The molecule has 18 heavy (non-hydrogen) atoms. The maximum absolute atomic E-state index is 6.03. The Morgan fingerprint density at radius 3 is 3.11 bits per heavy atom. The number of thiophene rings is 1. The fourth-order valence-corrected chi connectivity index (χ4v) is 3.52. The molecule has 1 aliphatic carbocycles. The third-order valence-corrected chi connectivity index (χ3v) is 4.65. The number of hydrogen-bond acceptors (Lipinski definition) is 5. The minimum atomic E-state index is 0.308. The van der Waals surface area contributed by atoms with Crippen molar-refractivity contribution < 1.29 is 0 Å². The number of nitrogens with two attached hydrogens (primary N) is 1. The highest BCUT2D eigenvalue weighted by atomic mass is 35.5. The second-order valence-electron chi connectivity index (χ2n) is 4.29. The van der Waals surface area contributed by atoms with Gasteiger partial charge in [-0.3, -0.25) is 0 Å². The average Bonchev–Trinajstić information content (AvgIpc) is 2.91. The second-order valence-corrected chi connectivity index (χ2v) is 5.89. The molecule has 94 valence electrons. The highest BCUT2D eigenvalue weighted by Crippen LogP contribution is 2.31. The zero-order valence-electron chi connectivity index (χ0n) is 9.74. The number of fused-ring (bicyclic) bond motifs is 1. The Labute approximate surface area is 114 Å². The van der Waals surface area contributed by atoms with Crippen molar-refractivity contribution in [2.45, 2.75) is 25.8 Å². The first-order chi connectivity index (χ1) is 8.74. The lowest BCUT2D eigenvalue weighted by Gasteiger charge is -2.06. The van der Waals surface area contributed by atoms with E-state index in [0.717, 1.165) is 6.54 Å². The number of hydrogen-bond donors (Lipinski definition) is 2. The van der Waals surface area contributed by atoms with E-state index in [1.54, 1.807) is 0 Å². The summed E-state index contributed by atoms with van der Waals surface area (Å²) in [5.74, 6) is 0.903. The number of nitrogens with one attached hydrogen (secondary N) is 1. The van der Waals surface area contributed by atoms with Gasteiger partial charge in [0.2, 0.25) is 0 Å². The van der Waals surface area contributed by atoms with Gasteiger partial charge in [-0.15, -0.1) is 11.3 Å². The fourth-order valence-electron chi connectivity index (χ4n) is 2.16. The van der Waals surface area contributed by atoms with Crippen molar-refractivity contribution in [1.29, 1.82) is 0 Å². The third kappa shape index (κ3) is 2.15. The lowest BCUT2D eigenvalue weighted by Crippen LogP contribution is -2.03. The quantitative estimate of drug-likeness (QED) is 0.907. The molecular formula is C12H13ClN4S. The van der Waals surface area contributed by atoms with Crippen LogP contribution in [-0.2, 0) is 19.4 Å². The predicted molar refractivity (Wildman–Crippen MR) is 75.1 cm³/mol. The van der Waals surface area contributed by atoms with Crippen LogP contribution in [0.5, 0.6) is 0 Å². The number of halogens is 1. The molecule has 0 bridgehead atoms. The Kier molecular flexibility index (Phi) is 3.09. The standard InChI is InChI=1S/C12H13ClN4S/c13-10-11(14)16-6-17-12(10)15-5-8-4-7-2-1-3-9(7)18-8/h4,6H,1-3,5H2,(H3,14,15,16,17). The van der Waals surface area contributed by atoms with E-state index in [-0.39, 0.29) is 0 Å². The molecular weight excluding hydrogens is 268 g/mol. The number of nitrogens with zero attached hydrogens (tertiary/aromatic N) is 2. The van der Waals surface area contributed by atoms with Crippen molar-refractivity contribution in [3.8, 4) is 0 Å². The fraction of sp³-hybridized carbons (Fsp3) is 0.333. The Hall–Kier alpha value is -1.33. The summed E-state index contributed by atoms with van der Waals surface area (Å²) >= 11 is 7.90. The summed E-state index contributed by atoms with van der Waals surface area (Å²) in [6.45, 7) is 0.730. The molecule has 0 unspecified atom stereocenters. The smallest absolute Gasteiger partial charge is 0.150 e. The van der Waals surface area contributed by atoms with Crippen LogP contribution in [0.2, 0.25) is 5.02 Å². The van der Waals surface area contributed by atoms with Gasteiger partial charge in [-0.1, -0.05) is 11.6 Å². The second kappa shape index (κ2) is 4.74. The van der Waals surface area contributed by atoms with E-state index in [0.29, 0.717) is 16.7 Å². The minimum Gasteiger partial charge on any atom is -0.382 e. The van der Waals surface area contributed by atoms with Crippen molar-refractivity contribution in [3.05, 3.63) is 32.7 Å². The molecule has 0 amide bonds. The van der Waals surface area contributed by atoms with Crippen LogP contribution >= 0.6 is 22.9 Å². The first-order valence-corrected chi connectivity index (χ1v) is 7.04. The van der Waals surface area contributed by atoms with Crippen LogP contribution in [-0.4, -0.2) is 9.97 Å². The first kappa shape index (κ1) is 11.7. The summed E-state index contributed by atoms with van der Waals surface area (Å²) < 4.78 is 0. The van der Waals surface area contributed by atoms with Gasteiger partial charge in [0, 0.05) is 9.75 Å². The maximum Gasteiger partial charge on any atom is 0.150 e. The lowest BCUT2D eigenvalue weighted by molar-refractivity contribution is 0.913. The molecule has 0 aliphatic heterocycles. The molecule has 3 rings (SSSR count). The van der Waals surface area contributed by atoms with Gasteiger partial charge in [0.1, 0.15) is 17.2 Å². The molecule has 0 radical (unpaired) electrons. The molecule has 0 atom stereocenters. The van der Waals surface area contributed by atoms with Gasteiger partial charge in [0.25, 0.3) is 0 Å². The van der Waals surface area contributed by atoms with Crippen LogP contribution in [0.4, 0.5) is 11.6 Å². The van der Waals surface area contributed by atoms with Crippen molar-refractivity contribution in [3.63, 3.8) is 0 Å². The van der Waals surface area contributed by atoms with Gasteiger partial charge in [-0.25, -0.2) is 9.97 Å².